The summed E-state index contributed by atoms with van der Waals surface area (Å²) in [6.07, 6.45) is 16.1. The van der Waals surface area contributed by atoms with Gasteiger partial charge in [-0.25, -0.2) is 5.32 Å². The van der Waals surface area contributed by atoms with Crippen LogP contribution in [-0.2, 0) is 0 Å². The Morgan fingerprint density at radius 1 is 1.20 bits per heavy atom. The van der Waals surface area contributed by atoms with Gasteiger partial charge in [0, 0.05) is 12.7 Å². The van der Waals surface area contributed by atoms with Gasteiger partial charge in [-0.2, -0.15) is 0 Å². The molecule has 0 aromatic rings. The molecule has 0 bridgehead atoms. The van der Waals surface area contributed by atoms with E-state index in [1.807, 2.05) is 18.2 Å². The van der Waals surface area contributed by atoms with Gasteiger partial charge in [0.05, 0.1) is 0 Å². The van der Waals surface area contributed by atoms with Gasteiger partial charge in [0.1, 0.15) is 5.84 Å². The monoisotopic (exact) mass is 203 g/mol. The first-order valence-electron chi connectivity index (χ1n) is 6.04. The molecule has 0 aromatic carbocycles. The van der Waals surface area contributed by atoms with Crippen molar-refractivity contribution in [3.63, 3.8) is 0 Å². The van der Waals surface area contributed by atoms with Crippen molar-refractivity contribution in [3.05, 3.63) is 24.4 Å². The van der Waals surface area contributed by atoms with Crippen LogP contribution >= 0.6 is 0 Å². The lowest BCUT2D eigenvalue weighted by molar-refractivity contribution is 0.343. The standard InChI is InChI=1S/C13H19N2/c1-2-6-12(7-3-1)9-11-15-13-8-4-5-10-14-13/h4-5,8,10,12H,1-3,6-7,9,11H2/b15-13+. The van der Waals surface area contributed by atoms with Gasteiger partial charge in [0.2, 0.25) is 0 Å². The van der Waals surface area contributed by atoms with Gasteiger partial charge in [-0.3, -0.25) is 4.99 Å². The van der Waals surface area contributed by atoms with Crippen molar-refractivity contribution in [1.29, 1.82) is 0 Å². The molecule has 2 rings (SSSR count). The molecule has 1 fully saturated rings. The second kappa shape index (κ2) is 5.74. The van der Waals surface area contributed by atoms with Gasteiger partial charge in [-0.15, -0.1) is 0 Å². The minimum absolute atomic E-state index is 0.883. The molecule has 1 aliphatic heterocycles. The van der Waals surface area contributed by atoms with Gasteiger partial charge in [0.15, 0.2) is 0 Å². The lowest BCUT2D eigenvalue weighted by atomic mass is 9.87. The smallest absolute Gasteiger partial charge is 0.147 e. The molecular weight excluding hydrogens is 184 g/mol. The van der Waals surface area contributed by atoms with Crippen molar-refractivity contribution >= 4 is 5.84 Å². The fourth-order valence-corrected chi connectivity index (χ4v) is 2.28. The summed E-state index contributed by atoms with van der Waals surface area (Å²) in [6.45, 7) is 0.946. The Morgan fingerprint density at radius 3 is 2.80 bits per heavy atom. The molecule has 0 unspecified atom stereocenters. The molecule has 0 atom stereocenters. The zero-order valence-electron chi connectivity index (χ0n) is 9.23. The lowest BCUT2D eigenvalue weighted by Crippen LogP contribution is -2.12. The van der Waals surface area contributed by atoms with Gasteiger partial charge in [0.25, 0.3) is 0 Å². The molecule has 2 heteroatoms. The number of allylic oxidation sites excluding steroid dienone is 2. The largest absolute Gasteiger partial charge is 0.267 e. The second-order valence-corrected chi connectivity index (χ2v) is 4.36. The first-order valence-corrected chi connectivity index (χ1v) is 6.04. The quantitative estimate of drug-likeness (QED) is 0.674. The molecule has 2 aliphatic rings. The Balaban J connectivity index is 1.69. The second-order valence-electron chi connectivity index (χ2n) is 4.36. The van der Waals surface area contributed by atoms with Crippen LogP contribution in [0.25, 0.3) is 0 Å². The topological polar surface area (TPSA) is 26.5 Å². The van der Waals surface area contributed by atoms with Gasteiger partial charge in [-0.05, 0) is 24.5 Å². The number of rotatable bonds is 3. The highest BCUT2D eigenvalue weighted by Gasteiger charge is 2.12. The first-order chi connectivity index (χ1) is 7.45. The fourth-order valence-electron chi connectivity index (χ4n) is 2.28. The molecule has 1 aliphatic carbocycles. The van der Waals surface area contributed by atoms with E-state index in [1.165, 1.54) is 38.5 Å². The molecule has 0 aromatic heterocycles. The number of hydrogen-bond acceptors (Lipinski definition) is 1. The molecule has 1 heterocycles. The molecule has 1 saturated carbocycles. The summed E-state index contributed by atoms with van der Waals surface area (Å²) in [5.74, 6) is 1.81. The third-order valence-electron chi connectivity index (χ3n) is 3.19. The zero-order valence-corrected chi connectivity index (χ0v) is 9.23. The molecular formula is C13H19N2. The van der Waals surface area contributed by atoms with Crippen molar-refractivity contribution in [2.45, 2.75) is 38.5 Å². The molecule has 81 valence electrons. The Hall–Kier alpha value is -1.05. The van der Waals surface area contributed by atoms with Gasteiger partial charge >= 0.3 is 0 Å². The van der Waals surface area contributed by atoms with Gasteiger partial charge in [-0.1, -0.05) is 38.2 Å². The van der Waals surface area contributed by atoms with Crippen LogP contribution in [-0.4, -0.2) is 12.4 Å². The van der Waals surface area contributed by atoms with Crippen molar-refractivity contribution in [1.82, 2.24) is 5.32 Å². The average Bonchev–Trinajstić information content (AvgIpc) is 2.32. The summed E-state index contributed by atoms with van der Waals surface area (Å²) in [6, 6.07) is 0. The third-order valence-corrected chi connectivity index (χ3v) is 3.19. The Kier molecular flexibility index (Phi) is 4.01. The molecule has 0 N–H and O–H groups in total. The maximum Gasteiger partial charge on any atom is 0.147 e. The Morgan fingerprint density at radius 2 is 2.07 bits per heavy atom. The first kappa shape index (κ1) is 10.5. The van der Waals surface area contributed by atoms with E-state index in [-0.39, 0.29) is 0 Å². The Bertz CT molecular complexity index is 270. The number of hydrogen-bond donors (Lipinski definition) is 0. The molecule has 2 nitrogen and oxygen atoms in total. The maximum absolute atomic E-state index is 4.49. The SMILES string of the molecule is C1=C[N]/C(=N/CCC2CCCCC2)C=C1. The van der Waals surface area contributed by atoms with Crippen molar-refractivity contribution < 1.29 is 0 Å². The highest BCUT2D eigenvalue weighted by Crippen LogP contribution is 2.26. The zero-order chi connectivity index (χ0) is 10.3. The number of nitrogens with zero attached hydrogens (tertiary/aromatic N) is 2. The summed E-state index contributed by atoms with van der Waals surface area (Å²) in [7, 11) is 0. The lowest BCUT2D eigenvalue weighted by Gasteiger charge is -2.20. The van der Waals surface area contributed by atoms with Crippen molar-refractivity contribution in [2.24, 2.45) is 10.9 Å². The number of aliphatic imine (C=N–C) groups is 1. The van der Waals surface area contributed by atoms with E-state index in [9.17, 15) is 0 Å². The van der Waals surface area contributed by atoms with E-state index in [1.54, 1.807) is 6.20 Å². The van der Waals surface area contributed by atoms with E-state index >= 15 is 0 Å². The van der Waals surface area contributed by atoms with Crippen LogP contribution in [0, 0.1) is 5.92 Å². The number of amidine groups is 1. The molecule has 0 spiro atoms. The molecule has 1 radical (unpaired) electrons. The average molecular weight is 203 g/mol. The highest BCUT2D eigenvalue weighted by atomic mass is 15.0. The van der Waals surface area contributed by atoms with Crippen LogP contribution in [0.4, 0.5) is 0 Å². The van der Waals surface area contributed by atoms with E-state index in [0.717, 1.165) is 18.3 Å². The van der Waals surface area contributed by atoms with Crippen LogP contribution in [0.15, 0.2) is 29.4 Å². The third kappa shape index (κ3) is 3.54. The summed E-state index contributed by atoms with van der Waals surface area (Å²) in [5, 5.41) is 4.19. The predicted molar refractivity (Wildman–Crippen MR) is 63.9 cm³/mol. The highest BCUT2D eigenvalue weighted by molar-refractivity contribution is 5.94. The van der Waals surface area contributed by atoms with Gasteiger partial charge < -0.3 is 0 Å². The van der Waals surface area contributed by atoms with Crippen LogP contribution in [0.5, 0.6) is 0 Å². The van der Waals surface area contributed by atoms with Crippen LogP contribution in [0.3, 0.4) is 0 Å². The van der Waals surface area contributed by atoms with Crippen molar-refractivity contribution in [2.75, 3.05) is 6.54 Å². The summed E-state index contributed by atoms with van der Waals surface area (Å²) < 4.78 is 0. The maximum atomic E-state index is 4.49. The van der Waals surface area contributed by atoms with E-state index in [4.69, 9.17) is 0 Å². The minimum Gasteiger partial charge on any atom is -0.267 e. The van der Waals surface area contributed by atoms with E-state index < -0.39 is 0 Å². The van der Waals surface area contributed by atoms with Crippen LogP contribution in [0.1, 0.15) is 38.5 Å². The molecule has 0 amide bonds. The summed E-state index contributed by atoms with van der Waals surface area (Å²) in [4.78, 5) is 4.49. The molecule has 0 saturated heterocycles. The fraction of sp³-hybridized carbons (Fsp3) is 0.615. The molecule has 15 heavy (non-hydrogen) atoms. The van der Waals surface area contributed by atoms with Crippen LogP contribution in [0.2, 0.25) is 0 Å². The summed E-state index contributed by atoms with van der Waals surface area (Å²) >= 11 is 0. The van der Waals surface area contributed by atoms with E-state index in [0.29, 0.717) is 0 Å². The Labute approximate surface area is 92.2 Å². The predicted octanol–water partition coefficient (Wildman–Crippen LogP) is 3.04. The summed E-state index contributed by atoms with van der Waals surface area (Å²) in [5.41, 5.74) is 0. The normalized spacial score (nSPS) is 24.4. The van der Waals surface area contributed by atoms with Crippen molar-refractivity contribution in [3.8, 4) is 0 Å². The minimum atomic E-state index is 0.883. The van der Waals surface area contributed by atoms with E-state index in [2.05, 4.69) is 10.3 Å². The van der Waals surface area contributed by atoms with Crippen LogP contribution < -0.4 is 5.32 Å².